The SMILES string of the molecule is [C-]#[N+]c1ccc(NC(=O)N2CCN(C(=O)[C@H]3CN(C(C)(C)C)CCN3)CC2)cc1C(F)(F)F. The van der Waals surface area contributed by atoms with Crippen LogP contribution in [0.4, 0.5) is 29.3 Å². The van der Waals surface area contributed by atoms with E-state index in [1.165, 1.54) is 11.0 Å². The van der Waals surface area contributed by atoms with Gasteiger partial charge >= 0.3 is 12.2 Å². The average Bonchev–Trinajstić information content (AvgIpc) is 2.77. The lowest BCUT2D eigenvalue weighted by Crippen LogP contribution is -2.63. The minimum atomic E-state index is -4.69. The van der Waals surface area contributed by atoms with E-state index in [0.717, 1.165) is 25.2 Å². The highest BCUT2D eigenvalue weighted by Crippen LogP contribution is 2.38. The zero-order chi connectivity index (χ0) is 24.4. The molecule has 0 aromatic heterocycles. The van der Waals surface area contributed by atoms with E-state index in [4.69, 9.17) is 6.57 Å². The Balaban J connectivity index is 1.56. The summed E-state index contributed by atoms with van der Waals surface area (Å²) in [5, 5.41) is 5.74. The van der Waals surface area contributed by atoms with Crippen molar-refractivity contribution in [3.8, 4) is 0 Å². The second-order valence-electron chi connectivity index (χ2n) is 9.21. The maximum atomic E-state index is 13.2. The number of hydrogen-bond donors (Lipinski definition) is 2. The van der Waals surface area contributed by atoms with Crippen molar-refractivity contribution >= 4 is 23.3 Å². The first-order valence-corrected chi connectivity index (χ1v) is 10.8. The Labute approximate surface area is 191 Å². The number of carbonyl (C=O) groups excluding carboxylic acids is 2. The van der Waals surface area contributed by atoms with Crippen molar-refractivity contribution in [3.05, 3.63) is 35.2 Å². The summed E-state index contributed by atoms with van der Waals surface area (Å²) >= 11 is 0. The number of nitrogens with one attached hydrogen (secondary N) is 2. The molecule has 0 unspecified atom stereocenters. The van der Waals surface area contributed by atoms with E-state index in [1.807, 2.05) is 0 Å². The van der Waals surface area contributed by atoms with E-state index in [0.29, 0.717) is 19.6 Å². The molecule has 1 aromatic carbocycles. The second-order valence-corrected chi connectivity index (χ2v) is 9.21. The first-order chi connectivity index (χ1) is 15.4. The third-order valence-corrected chi connectivity index (χ3v) is 5.97. The van der Waals surface area contributed by atoms with Crippen molar-refractivity contribution in [1.82, 2.24) is 20.0 Å². The molecule has 0 aliphatic carbocycles. The average molecular weight is 467 g/mol. The molecule has 180 valence electrons. The molecule has 0 bridgehead atoms. The van der Waals surface area contributed by atoms with E-state index in [-0.39, 0.29) is 36.3 Å². The zero-order valence-corrected chi connectivity index (χ0v) is 19.0. The van der Waals surface area contributed by atoms with Crippen LogP contribution in [0.25, 0.3) is 4.85 Å². The van der Waals surface area contributed by atoms with Crippen LogP contribution in [-0.2, 0) is 11.0 Å². The van der Waals surface area contributed by atoms with E-state index in [9.17, 15) is 22.8 Å². The number of carbonyl (C=O) groups is 2. The number of anilines is 1. The van der Waals surface area contributed by atoms with Gasteiger partial charge in [0.15, 0.2) is 5.69 Å². The highest BCUT2D eigenvalue weighted by atomic mass is 19.4. The number of alkyl halides is 3. The third-order valence-electron chi connectivity index (χ3n) is 5.97. The molecule has 3 amide bonds. The lowest BCUT2D eigenvalue weighted by atomic mass is 10.0. The number of nitrogens with zero attached hydrogens (tertiary/aromatic N) is 4. The van der Waals surface area contributed by atoms with Crippen LogP contribution in [0.2, 0.25) is 0 Å². The highest BCUT2D eigenvalue weighted by molar-refractivity contribution is 5.90. The Hall–Kier alpha value is -2.84. The van der Waals surface area contributed by atoms with Crippen molar-refractivity contribution < 1.29 is 22.8 Å². The van der Waals surface area contributed by atoms with Crippen molar-refractivity contribution in [2.75, 3.05) is 51.1 Å². The van der Waals surface area contributed by atoms with Gasteiger partial charge in [-0.05, 0) is 32.9 Å². The zero-order valence-electron chi connectivity index (χ0n) is 19.0. The smallest absolute Gasteiger partial charge is 0.338 e. The van der Waals surface area contributed by atoms with E-state index >= 15 is 0 Å². The molecule has 2 heterocycles. The van der Waals surface area contributed by atoms with E-state index < -0.39 is 23.5 Å². The summed E-state index contributed by atoms with van der Waals surface area (Å²) in [5.41, 5.74) is -1.67. The van der Waals surface area contributed by atoms with Gasteiger partial charge in [0.25, 0.3) is 0 Å². The first-order valence-electron chi connectivity index (χ1n) is 10.8. The molecule has 33 heavy (non-hydrogen) atoms. The highest BCUT2D eigenvalue weighted by Gasteiger charge is 2.36. The Kier molecular flexibility index (Phi) is 7.19. The van der Waals surface area contributed by atoms with Crippen LogP contribution in [0.15, 0.2) is 18.2 Å². The predicted octanol–water partition coefficient (Wildman–Crippen LogP) is 3.00. The monoisotopic (exact) mass is 466 g/mol. The summed E-state index contributed by atoms with van der Waals surface area (Å²) in [6.07, 6.45) is -4.69. The van der Waals surface area contributed by atoms with Crippen molar-refractivity contribution in [2.45, 2.75) is 38.5 Å². The summed E-state index contributed by atoms with van der Waals surface area (Å²) in [6.45, 7) is 16.7. The van der Waals surface area contributed by atoms with Crippen LogP contribution in [0.3, 0.4) is 0 Å². The molecule has 3 rings (SSSR count). The minimum absolute atomic E-state index is 0.00596. The van der Waals surface area contributed by atoms with E-state index in [2.05, 4.69) is 41.1 Å². The molecule has 0 saturated carbocycles. The number of amides is 3. The molecule has 2 aliphatic heterocycles. The number of urea groups is 1. The molecule has 11 heteroatoms. The first kappa shape index (κ1) is 24.8. The summed E-state index contributed by atoms with van der Waals surface area (Å²) in [5.74, 6) is -0.00596. The van der Waals surface area contributed by atoms with Gasteiger partial charge in [0, 0.05) is 57.0 Å². The quantitative estimate of drug-likeness (QED) is 0.658. The fraction of sp³-hybridized carbons (Fsp3) is 0.591. The number of hydrogen-bond acceptors (Lipinski definition) is 4. The van der Waals surface area contributed by atoms with Crippen LogP contribution in [0, 0.1) is 6.57 Å². The van der Waals surface area contributed by atoms with Gasteiger partial charge in [0.05, 0.1) is 18.2 Å². The van der Waals surface area contributed by atoms with Gasteiger partial charge < -0.3 is 20.4 Å². The van der Waals surface area contributed by atoms with Gasteiger partial charge in [-0.2, -0.15) is 13.2 Å². The van der Waals surface area contributed by atoms with Crippen LogP contribution in [0.5, 0.6) is 0 Å². The normalized spacial score (nSPS) is 20.3. The van der Waals surface area contributed by atoms with Gasteiger partial charge in [-0.3, -0.25) is 9.69 Å². The number of halogens is 3. The van der Waals surface area contributed by atoms with E-state index in [1.54, 1.807) is 4.90 Å². The Bertz CT molecular complexity index is 930. The van der Waals surface area contributed by atoms with Gasteiger partial charge in [-0.1, -0.05) is 6.07 Å². The molecular formula is C22H29F3N6O2. The van der Waals surface area contributed by atoms with Crippen LogP contribution in [0.1, 0.15) is 26.3 Å². The van der Waals surface area contributed by atoms with Crippen LogP contribution in [-0.4, -0.2) is 84.0 Å². The molecule has 0 spiro atoms. The Morgan fingerprint density at radius 2 is 1.73 bits per heavy atom. The van der Waals surface area contributed by atoms with Gasteiger partial charge in [-0.25, -0.2) is 9.64 Å². The number of piperazine rings is 2. The lowest BCUT2D eigenvalue weighted by Gasteiger charge is -2.43. The molecule has 2 saturated heterocycles. The topological polar surface area (TPSA) is 72.3 Å². The predicted molar refractivity (Wildman–Crippen MR) is 118 cm³/mol. The molecule has 0 radical (unpaired) electrons. The van der Waals surface area contributed by atoms with Crippen LogP contribution < -0.4 is 10.6 Å². The molecule has 2 fully saturated rings. The van der Waals surface area contributed by atoms with Crippen molar-refractivity contribution in [3.63, 3.8) is 0 Å². The molecule has 1 atom stereocenters. The third kappa shape index (κ3) is 5.94. The summed E-state index contributed by atoms with van der Waals surface area (Å²) in [4.78, 5) is 33.9. The molecule has 8 nitrogen and oxygen atoms in total. The Morgan fingerprint density at radius 3 is 2.30 bits per heavy atom. The molecule has 2 N–H and O–H groups in total. The van der Waals surface area contributed by atoms with Gasteiger partial charge in [0.1, 0.15) is 0 Å². The maximum absolute atomic E-state index is 13.2. The summed E-state index contributed by atoms with van der Waals surface area (Å²) < 4.78 is 39.5. The number of benzene rings is 1. The lowest BCUT2D eigenvalue weighted by molar-refractivity contribution is -0.137. The van der Waals surface area contributed by atoms with Crippen molar-refractivity contribution in [2.24, 2.45) is 0 Å². The van der Waals surface area contributed by atoms with Gasteiger partial charge in [-0.15, -0.1) is 0 Å². The molecular weight excluding hydrogens is 437 g/mol. The molecule has 2 aliphatic rings. The largest absolute Gasteiger partial charge is 0.407 e. The molecule has 1 aromatic rings. The fourth-order valence-electron chi connectivity index (χ4n) is 4.02. The maximum Gasteiger partial charge on any atom is 0.407 e. The fourth-order valence-corrected chi connectivity index (χ4v) is 4.02. The summed E-state index contributed by atoms with van der Waals surface area (Å²) in [6, 6.07) is 2.23. The van der Waals surface area contributed by atoms with Gasteiger partial charge in [0.2, 0.25) is 5.91 Å². The number of rotatable bonds is 2. The van der Waals surface area contributed by atoms with Crippen molar-refractivity contribution in [1.29, 1.82) is 0 Å². The standard InChI is InChI=1S/C22H29F3N6O2/c1-21(2,3)31-8-7-27-18(14-31)19(32)29-9-11-30(12-10-29)20(33)28-15-5-6-17(26-4)16(13-15)22(23,24)25/h5-6,13,18,27H,7-12,14H2,1-3H3,(H,28,33)/t18-/m1/s1. The Morgan fingerprint density at radius 1 is 1.09 bits per heavy atom. The second kappa shape index (κ2) is 9.57. The minimum Gasteiger partial charge on any atom is -0.338 e. The summed E-state index contributed by atoms with van der Waals surface area (Å²) in [7, 11) is 0. The van der Waals surface area contributed by atoms with Crippen LogP contribution >= 0.6 is 0 Å².